The average Bonchev–Trinajstić information content (AvgIpc) is 2.95. The van der Waals surface area contributed by atoms with Crippen LogP contribution in [0.4, 0.5) is 0 Å². The highest BCUT2D eigenvalue weighted by Gasteiger charge is 2.31. The SMILES string of the molecule is CC(C)n1c(SCC(N)=O)nnc1C1CC1. The lowest BCUT2D eigenvalue weighted by molar-refractivity contribution is -0.115. The Balaban J connectivity index is 2.19. The minimum absolute atomic E-state index is 0.259. The molecule has 0 unspecified atom stereocenters. The maximum Gasteiger partial charge on any atom is 0.227 e. The zero-order valence-electron chi connectivity index (χ0n) is 9.51. The van der Waals surface area contributed by atoms with Crippen LogP contribution in [0.1, 0.15) is 44.5 Å². The van der Waals surface area contributed by atoms with E-state index >= 15 is 0 Å². The molecule has 1 aliphatic carbocycles. The lowest BCUT2D eigenvalue weighted by Gasteiger charge is -2.12. The second-order valence-electron chi connectivity index (χ2n) is 4.33. The first-order valence-electron chi connectivity index (χ1n) is 5.45. The number of carbonyl (C=O) groups is 1. The number of carbonyl (C=O) groups excluding carboxylic acids is 1. The van der Waals surface area contributed by atoms with Crippen molar-refractivity contribution in [1.82, 2.24) is 14.8 Å². The molecule has 0 atom stereocenters. The Hall–Kier alpha value is -1.04. The second-order valence-corrected chi connectivity index (χ2v) is 5.28. The summed E-state index contributed by atoms with van der Waals surface area (Å²) in [5, 5.41) is 9.16. The topological polar surface area (TPSA) is 73.8 Å². The van der Waals surface area contributed by atoms with E-state index in [-0.39, 0.29) is 11.7 Å². The van der Waals surface area contributed by atoms with Gasteiger partial charge in [-0.3, -0.25) is 4.79 Å². The van der Waals surface area contributed by atoms with Crippen LogP contribution in [0.15, 0.2) is 5.16 Å². The molecule has 16 heavy (non-hydrogen) atoms. The monoisotopic (exact) mass is 240 g/mol. The summed E-state index contributed by atoms with van der Waals surface area (Å²) in [6, 6.07) is 0.320. The van der Waals surface area contributed by atoms with Crippen LogP contribution in [-0.4, -0.2) is 26.4 Å². The zero-order valence-corrected chi connectivity index (χ0v) is 10.3. The van der Waals surface area contributed by atoms with E-state index in [0.717, 1.165) is 11.0 Å². The predicted molar refractivity (Wildman–Crippen MR) is 62.3 cm³/mol. The number of primary amides is 1. The molecule has 1 aromatic rings. The van der Waals surface area contributed by atoms with Gasteiger partial charge in [-0.05, 0) is 26.7 Å². The molecule has 5 nitrogen and oxygen atoms in total. The van der Waals surface area contributed by atoms with Gasteiger partial charge in [0.15, 0.2) is 5.16 Å². The van der Waals surface area contributed by atoms with Crippen molar-refractivity contribution in [2.75, 3.05) is 5.75 Å². The van der Waals surface area contributed by atoms with E-state index in [1.54, 1.807) is 0 Å². The summed E-state index contributed by atoms with van der Waals surface area (Å²) >= 11 is 1.36. The fourth-order valence-electron chi connectivity index (χ4n) is 1.63. The molecule has 0 spiro atoms. The standard InChI is InChI=1S/C10H16N4OS/c1-6(2)14-9(7-3-4-7)12-13-10(14)16-5-8(11)15/h6-7H,3-5H2,1-2H3,(H2,11,15). The number of hydrogen-bond acceptors (Lipinski definition) is 4. The molecule has 1 fully saturated rings. The number of rotatable bonds is 5. The van der Waals surface area contributed by atoms with E-state index in [9.17, 15) is 4.79 Å². The summed E-state index contributed by atoms with van der Waals surface area (Å²) in [6.07, 6.45) is 2.40. The first-order chi connectivity index (χ1) is 7.59. The van der Waals surface area contributed by atoms with Crippen molar-refractivity contribution >= 4 is 17.7 Å². The average molecular weight is 240 g/mol. The lowest BCUT2D eigenvalue weighted by atomic mass is 10.3. The molecular formula is C10H16N4OS. The van der Waals surface area contributed by atoms with Gasteiger partial charge in [0.05, 0.1) is 5.75 Å². The maximum atomic E-state index is 10.8. The van der Waals surface area contributed by atoms with Crippen LogP contribution in [0, 0.1) is 0 Å². The van der Waals surface area contributed by atoms with E-state index in [1.807, 2.05) is 0 Å². The van der Waals surface area contributed by atoms with Crippen LogP contribution >= 0.6 is 11.8 Å². The van der Waals surface area contributed by atoms with Gasteiger partial charge in [0.1, 0.15) is 5.82 Å². The molecule has 0 aromatic carbocycles. The number of amides is 1. The molecule has 1 aliphatic rings. The van der Waals surface area contributed by atoms with Gasteiger partial charge in [-0.2, -0.15) is 0 Å². The Bertz CT molecular complexity index is 398. The van der Waals surface area contributed by atoms with Gasteiger partial charge in [-0.25, -0.2) is 0 Å². The molecule has 0 saturated heterocycles. The minimum Gasteiger partial charge on any atom is -0.369 e. The highest BCUT2D eigenvalue weighted by atomic mass is 32.2. The molecule has 1 aromatic heterocycles. The quantitative estimate of drug-likeness (QED) is 0.788. The van der Waals surface area contributed by atoms with Crippen molar-refractivity contribution in [2.45, 2.75) is 43.8 Å². The van der Waals surface area contributed by atoms with Gasteiger partial charge in [0.2, 0.25) is 5.91 Å². The smallest absolute Gasteiger partial charge is 0.227 e. The Morgan fingerprint density at radius 2 is 2.25 bits per heavy atom. The summed E-state index contributed by atoms with van der Waals surface area (Å²) in [5.41, 5.74) is 5.13. The summed E-state index contributed by atoms with van der Waals surface area (Å²) in [4.78, 5) is 10.8. The molecule has 0 aliphatic heterocycles. The molecule has 1 saturated carbocycles. The van der Waals surface area contributed by atoms with Crippen molar-refractivity contribution in [1.29, 1.82) is 0 Å². The van der Waals surface area contributed by atoms with Crippen molar-refractivity contribution in [3.63, 3.8) is 0 Å². The second kappa shape index (κ2) is 4.45. The molecule has 1 amide bonds. The third kappa shape index (κ3) is 2.37. The van der Waals surface area contributed by atoms with Crippen LogP contribution in [0.25, 0.3) is 0 Å². The number of nitrogens with two attached hydrogens (primary N) is 1. The van der Waals surface area contributed by atoms with Gasteiger partial charge in [-0.1, -0.05) is 11.8 Å². The van der Waals surface area contributed by atoms with Crippen LogP contribution in [0.2, 0.25) is 0 Å². The van der Waals surface area contributed by atoms with Gasteiger partial charge in [-0.15, -0.1) is 10.2 Å². The van der Waals surface area contributed by atoms with Crippen molar-refractivity contribution in [3.05, 3.63) is 5.82 Å². The Morgan fingerprint density at radius 1 is 1.56 bits per heavy atom. The third-order valence-corrected chi connectivity index (χ3v) is 3.46. The summed E-state index contributed by atoms with van der Waals surface area (Å²) in [5.74, 6) is 1.56. The van der Waals surface area contributed by atoms with E-state index in [4.69, 9.17) is 5.73 Å². The van der Waals surface area contributed by atoms with Crippen LogP contribution < -0.4 is 5.73 Å². The Kier molecular flexibility index (Phi) is 3.18. The predicted octanol–water partition coefficient (Wildman–Crippen LogP) is 1.31. The van der Waals surface area contributed by atoms with Crippen LogP contribution in [-0.2, 0) is 4.79 Å². The van der Waals surface area contributed by atoms with Gasteiger partial charge in [0.25, 0.3) is 0 Å². The summed E-state index contributed by atoms with van der Waals surface area (Å²) in [6.45, 7) is 4.20. The molecule has 0 bridgehead atoms. The molecule has 88 valence electrons. The van der Waals surface area contributed by atoms with Gasteiger partial charge < -0.3 is 10.3 Å². The molecule has 1 heterocycles. The molecule has 6 heteroatoms. The maximum absolute atomic E-state index is 10.8. The first kappa shape index (κ1) is 11.4. The van der Waals surface area contributed by atoms with E-state index in [0.29, 0.717) is 12.0 Å². The summed E-state index contributed by atoms with van der Waals surface area (Å²) in [7, 11) is 0. The first-order valence-corrected chi connectivity index (χ1v) is 6.44. The highest BCUT2D eigenvalue weighted by Crippen LogP contribution is 2.41. The van der Waals surface area contributed by atoms with E-state index < -0.39 is 0 Å². The Labute approximate surface area is 98.8 Å². The zero-order chi connectivity index (χ0) is 11.7. The van der Waals surface area contributed by atoms with E-state index in [1.165, 1.54) is 24.6 Å². The largest absolute Gasteiger partial charge is 0.369 e. The van der Waals surface area contributed by atoms with Crippen molar-refractivity contribution < 1.29 is 4.79 Å². The fourth-order valence-corrected chi connectivity index (χ4v) is 2.44. The van der Waals surface area contributed by atoms with E-state index in [2.05, 4.69) is 28.6 Å². The number of aromatic nitrogens is 3. The van der Waals surface area contributed by atoms with Crippen molar-refractivity contribution in [2.24, 2.45) is 5.73 Å². The minimum atomic E-state index is -0.323. The lowest BCUT2D eigenvalue weighted by Crippen LogP contribution is -2.14. The summed E-state index contributed by atoms with van der Waals surface area (Å²) < 4.78 is 2.12. The molecule has 2 N–H and O–H groups in total. The normalized spacial score (nSPS) is 15.7. The molecule has 0 radical (unpaired) electrons. The van der Waals surface area contributed by atoms with Crippen LogP contribution in [0.3, 0.4) is 0 Å². The van der Waals surface area contributed by atoms with Gasteiger partial charge in [0, 0.05) is 12.0 Å². The highest BCUT2D eigenvalue weighted by molar-refractivity contribution is 7.99. The molecular weight excluding hydrogens is 224 g/mol. The van der Waals surface area contributed by atoms with Crippen LogP contribution in [0.5, 0.6) is 0 Å². The third-order valence-electron chi connectivity index (χ3n) is 2.49. The van der Waals surface area contributed by atoms with Gasteiger partial charge >= 0.3 is 0 Å². The fraction of sp³-hybridized carbons (Fsp3) is 0.700. The number of hydrogen-bond donors (Lipinski definition) is 1. The number of thioether (sulfide) groups is 1. The number of nitrogens with zero attached hydrogens (tertiary/aromatic N) is 3. The van der Waals surface area contributed by atoms with Crippen molar-refractivity contribution in [3.8, 4) is 0 Å². The Morgan fingerprint density at radius 3 is 2.75 bits per heavy atom. The molecule has 2 rings (SSSR count).